The fourth-order valence-electron chi connectivity index (χ4n) is 2.84. The minimum Gasteiger partial charge on any atom is -0.368 e. The summed E-state index contributed by atoms with van der Waals surface area (Å²) >= 11 is 12.3. The Hall–Kier alpha value is -2.57. The van der Waals surface area contributed by atoms with E-state index in [4.69, 9.17) is 28.9 Å². The maximum atomic E-state index is 12.4. The molecule has 140 valence electrons. The van der Waals surface area contributed by atoms with E-state index in [2.05, 4.69) is 10.6 Å². The number of primary amides is 1. The van der Waals surface area contributed by atoms with Crippen molar-refractivity contribution < 1.29 is 14.4 Å². The van der Waals surface area contributed by atoms with Crippen molar-refractivity contribution in [1.29, 1.82) is 0 Å². The number of nitrogens with two attached hydrogens (primary N) is 1. The second-order valence-electron chi connectivity index (χ2n) is 6.31. The molecule has 0 heterocycles. The molecule has 1 fully saturated rings. The van der Waals surface area contributed by atoms with Crippen LogP contribution in [0.25, 0.3) is 0 Å². The molecule has 27 heavy (non-hydrogen) atoms. The van der Waals surface area contributed by atoms with Gasteiger partial charge in [0.05, 0.1) is 16.6 Å². The van der Waals surface area contributed by atoms with E-state index in [9.17, 15) is 14.4 Å². The lowest BCUT2D eigenvalue weighted by molar-refractivity contribution is -0.118. The lowest BCUT2D eigenvalue weighted by Gasteiger charge is -2.08. The van der Waals surface area contributed by atoms with Crippen molar-refractivity contribution in [3.8, 4) is 0 Å². The van der Waals surface area contributed by atoms with Crippen LogP contribution in [0.5, 0.6) is 0 Å². The molecule has 2 aromatic rings. The van der Waals surface area contributed by atoms with E-state index in [1.165, 1.54) is 0 Å². The van der Waals surface area contributed by atoms with Gasteiger partial charge in [-0.15, -0.1) is 0 Å². The Kier molecular flexibility index (Phi) is 5.68. The Morgan fingerprint density at radius 2 is 1.78 bits per heavy atom. The molecule has 1 aliphatic rings. The van der Waals surface area contributed by atoms with E-state index in [0.29, 0.717) is 27.7 Å². The average molecular weight is 406 g/mol. The summed E-state index contributed by atoms with van der Waals surface area (Å²) in [5.41, 5.74) is 6.81. The summed E-state index contributed by atoms with van der Waals surface area (Å²) in [6.07, 6.45) is 0.708. The molecule has 0 bridgehead atoms. The molecule has 0 aromatic heterocycles. The first-order valence-corrected chi connectivity index (χ1v) is 9.03. The lowest BCUT2D eigenvalue weighted by atomic mass is 10.1. The molecule has 0 radical (unpaired) electrons. The fourth-order valence-corrected chi connectivity index (χ4v) is 3.29. The SMILES string of the molecule is NC(=O)CNC(=O)c1ccc(NC(=O)C2CC2c2cccc(Cl)c2Cl)cc1. The Balaban J connectivity index is 1.58. The van der Waals surface area contributed by atoms with E-state index < -0.39 is 11.8 Å². The third kappa shape index (κ3) is 4.59. The number of amides is 3. The van der Waals surface area contributed by atoms with Gasteiger partial charge in [-0.2, -0.15) is 0 Å². The van der Waals surface area contributed by atoms with Gasteiger partial charge < -0.3 is 16.4 Å². The predicted octanol–water partition coefficient (Wildman–Crippen LogP) is 2.95. The van der Waals surface area contributed by atoms with E-state index in [1.54, 1.807) is 30.3 Å². The van der Waals surface area contributed by atoms with Crippen molar-refractivity contribution in [3.05, 3.63) is 63.6 Å². The van der Waals surface area contributed by atoms with E-state index in [0.717, 1.165) is 5.56 Å². The van der Waals surface area contributed by atoms with E-state index >= 15 is 0 Å². The topological polar surface area (TPSA) is 101 Å². The fraction of sp³-hybridized carbons (Fsp3) is 0.211. The number of anilines is 1. The standard InChI is InChI=1S/C19H17Cl2N3O3/c20-15-3-1-2-12(17(15)21)13-8-14(13)19(27)24-11-6-4-10(5-7-11)18(26)23-9-16(22)25/h1-7,13-14H,8-9H2,(H2,22,25)(H,23,26)(H,24,27). The summed E-state index contributed by atoms with van der Waals surface area (Å²) in [6.45, 7) is -0.230. The predicted molar refractivity (Wildman–Crippen MR) is 104 cm³/mol. The maximum Gasteiger partial charge on any atom is 0.251 e. The molecule has 3 rings (SSSR count). The largest absolute Gasteiger partial charge is 0.368 e. The van der Waals surface area contributed by atoms with Crippen molar-refractivity contribution in [1.82, 2.24) is 5.32 Å². The molecular formula is C19H17Cl2N3O3. The van der Waals surface area contributed by atoms with Gasteiger partial charge in [0, 0.05) is 17.2 Å². The molecule has 1 saturated carbocycles. The zero-order chi connectivity index (χ0) is 19.6. The summed E-state index contributed by atoms with van der Waals surface area (Å²) in [5, 5.41) is 6.20. The number of benzene rings is 2. The zero-order valence-corrected chi connectivity index (χ0v) is 15.7. The highest BCUT2D eigenvalue weighted by Gasteiger charge is 2.45. The number of hydrogen-bond acceptors (Lipinski definition) is 3. The van der Waals surface area contributed by atoms with Gasteiger partial charge in [0.1, 0.15) is 0 Å². The number of rotatable bonds is 6. The first-order chi connectivity index (χ1) is 12.9. The third-order valence-corrected chi connectivity index (χ3v) is 5.18. The molecule has 0 saturated heterocycles. The first-order valence-electron chi connectivity index (χ1n) is 8.28. The molecule has 8 heteroatoms. The quantitative estimate of drug-likeness (QED) is 0.688. The minimum atomic E-state index is -0.619. The highest BCUT2D eigenvalue weighted by molar-refractivity contribution is 6.42. The van der Waals surface area contributed by atoms with Crippen LogP contribution in [-0.4, -0.2) is 24.3 Å². The smallest absolute Gasteiger partial charge is 0.251 e. The molecule has 0 spiro atoms. The Morgan fingerprint density at radius 1 is 1.07 bits per heavy atom. The van der Waals surface area contributed by atoms with Crippen LogP contribution in [0.3, 0.4) is 0 Å². The minimum absolute atomic E-state index is 0.0510. The number of carbonyl (C=O) groups is 3. The van der Waals surface area contributed by atoms with Gasteiger partial charge in [-0.3, -0.25) is 14.4 Å². The zero-order valence-electron chi connectivity index (χ0n) is 14.2. The molecule has 4 N–H and O–H groups in total. The van der Waals surface area contributed by atoms with Crippen LogP contribution in [0.15, 0.2) is 42.5 Å². The Bertz CT molecular complexity index is 900. The molecule has 2 unspecified atom stereocenters. The van der Waals surface area contributed by atoms with Crippen LogP contribution in [0.1, 0.15) is 28.3 Å². The highest BCUT2D eigenvalue weighted by Crippen LogP contribution is 2.51. The van der Waals surface area contributed by atoms with Crippen LogP contribution >= 0.6 is 23.2 Å². The summed E-state index contributed by atoms with van der Waals surface area (Å²) in [4.78, 5) is 35.0. The van der Waals surface area contributed by atoms with Crippen molar-refractivity contribution in [3.63, 3.8) is 0 Å². The van der Waals surface area contributed by atoms with Crippen LogP contribution in [0, 0.1) is 5.92 Å². The summed E-state index contributed by atoms with van der Waals surface area (Å²) < 4.78 is 0. The Morgan fingerprint density at radius 3 is 2.44 bits per heavy atom. The average Bonchev–Trinajstić information content (AvgIpc) is 3.43. The number of hydrogen-bond donors (Lipinski definition) is 3. The van der Waals surface area contributed by atoms with Gasteiger partial charge in [0.25, 0.3) is 5.91 Å². The van der Waals surface area contributed by atoms with Gasteiger partial charge in [-0.1, -0.05) is 35.3 Å². The Labute approximate surface area is 166 Å². The number of nitrogens with one attached hydrogen (secondary N) is 2. The van der Waals surface area contributed by atoms with Crippen LogP contribution in [0.4, 0.5) is 5.69 Å². The second kappa shape index (κ2) is 7.98. The molecular weight excluding hydrogens is 389 g/mol. The van der Waals surface area contributed by atoms with Crippen molar-refractivity contribution >= 4 is 46.6 Å². The highest BCUT2D eigenvalue weighted by atomic mass is 35.5. The second-order valence-corrected chi connectivity index (χ2v) is 7.09. The monoisotopic (exact) mass is 405 g/mol. The van der Waals surface area contributed by atoms with E-state index in [1.807, 2.05) is 12.1 Å². The van der Waals surface area contributed by atoms with E-state index in [-0.39, 0.29) is 24.3 Å². The van der Waals surface area contributed by atoms with Gasteiger partial charge in [-0.05, 0) is 48.2 Å². The summed E-state index contributed by atoms with van der Waals surface area (Å²) in [7, 11) is 0. The van der Waals surface area contributed by atoms with Crippen molar-refractivity contribution in [2.24, 2.45) is 11.7 Å². The number of halogens is 2. The molecule has 0 aliphatic heterocycles. The summed E-state index contributed by atoms with van der Waals surface area (Å²) in [5.74, 6) is -1.26. The molecule has 2 atom stereocenters. The van der Waals surface area contributed by atoms with Crippen LogP contribution in [0.2, 0.25) is 10.0 Å². The van der Waals surface area contributed by atoms with Crippen molar-refractivity contribution in [2.75, 3.05) is 11.9 Å². The number of carbonyl (C=O) groups excluding carboxylic acids is 3. The lowest BCUT2D eigenvalue weighted by Crippen LogP contribution is -2.33. The van der Waals surface area contributed by atoms with Gasteiger partial charge in [-0.25, -0.2) is 0 Å². The first kappa shape index (κ1) is 19.2. The van der Waals surface area contributed by atoms with Crippen LogP contribution in [-0.2, 0) is 9.59 Å². The molecule has 3 amide bonds. The normalized spacial score (nSPS) is 17.9. The third-order valence-electron chi connectivity index (χ3n) is 4.35. The van der Waals surface area contributed by atoms with Crippen molar-refractivity contribution in [2.45, 2.75) is 12.3 Å². The molecule has 6 nitrogen and oxygen atoms in total. The summed E-state index contributed by atoms with van der Waals surface area (Å²) in [6, 6.07) is 11.8. The van der Waals surface area contributed by atoms with Gasteiger partial charge >= 0.3 is 0 Å². The van der Waals surface area contributed by atoms with Crippen LogP contribution < -0.4 is 16.4 Å². The van der Waals surface area contributed by atoms with Gasteiger partial charge in [0.2, 0.25) is 11.8 Å². The van der Waals surface area contributed by atoms with Gasteiger partial charge in [0.15, 0.2) is 0 Å². The molecule has 1 aliphatic carbocycles. The maximum absolute atomic E-state index is 12.4. The molecule has 2 aromatic carbocycles.